The largest absolute Gasteiger partial charge is 0.469 e. The second kappa shape index (κ2) is 11.0. The van der Waals surface area contributed by atoms with Gasteiger partial charge in [-0.3, -0.25) is 9.78 Å². The van der Waals surface area contributed by atoms with Crippen LogP contribution in [-0.2, 0) is 27.2 Å². The summed E-state index contributed by atoms with van der Waals surface area (Å²) in [5, 5.41) is 5.61. The molecule has 1 fully saturated rings. The van der Waals surface area contributed by atoms with Crippen LogP contribution < -0.4 is 10.6 Å². The van der Waals surface area contributed by atoms with Gasteiger partial charge in [0.05, 0.1) is 7.11 Å². The third kappa shape index (κ3) is 6.24. The smallest absolute Gasteiger partial charge is 0.410 e. The van der Waals surface area contributed by atoms with Crippen molar-refractivity contribution in [1.29, 1.82) is 0 Å². The standard InChI is InChI=1S/C25H30N4O5/c1-33-23(30)14-17-2-6-22(7-3-17)34-25(32)29-13-10-18-15-21(5-4-19(18)16-29)28-24(31)27-20-8-11-26-12-9-20/h4-5,8-9,11-12,15,17,22H,2-3,6-7,10,13-14,16H2,1H3,(H2,26,27,28,31)/t17-,22-. The van der Waals surface area contributed by atoms with Gasteiger partial charge in [-0.2, -0.15) is 0 Å². The minimum atomic E-state index is -0.325. The third-order valence-corrected chi connectivity index (χ3v) is 6.42. The number of nitrogens with zero attached hydrogens (tertiary/aromatic N) is 2. The highest BCUT2D eigenvalue weighted by Gasteiger charge is 2.28. The van der Waals surface area contributed by atoms with Crippen molar-refractivity contribution in [3.63, 3.8) is 0 Å². The van der Waals surface area contributed by atoms with Crippen molar-refractivity contribution in [2.75, 3.05) is 24.3 Å². The molecule has 34 heavy (non-hydrogen) atoms. The van der Waals surface area contributed by atoms with E-state index in [9.17, 15) is 14.4 Å². The van der Waals surface area contributed by atoms with Crippen LogP contribution in [0.4, 0.5) is 21.0 Å². The van der Waals surface area contributed by atoms with E-state index in [0.29, 0.717) is 43.2 Å². The highest BCUT2D eigenvalue weighted by Crippen LogP contribution is 2.30. The van der Waals surface area contributed by atoms with Crippen molar-refractivity contribution in [3.05, 3.63) is 53.9 Å². The molecule has 0 bridgehead atoms. The Bertz CT molecular complexity index is 1020. The van der Waals surface area contributed by atoms with Gasteiger partial charge < -0.3 is 25.0 Å². The van der Waals surface area contributed by atoms with E-state index in [1.54, 1.807) is 29.4 Å². The predicted octanol–water partition coefficient (Wildman–Crippen LogP) is 4.34. The first-order chi connectivity index (χ1) is 16.5. The summed E-state index contributed by atoms with van der Waals surface area (Å²) in [5.41, 5.74) is 3.51. The van der Waals surface area contributed by atoms with Gasteiger partial charge in [-0.15, -0.1) is 0 Å². The van der Waals surface area contributed by atoms with E-state index >= 15 is 0 Å². The van der Waals surface area contributed by atoms with E-state index < -0.39 is 0 Å². The number of aromatic nitrogens is 1. The van der Waals surface area contributed by atoms with Gasteiger partial charge in [0.1, 0.15) is 6.10 Å². The summed E-state index contributed by atoms with van der Waals surface area (Å²) in [5.74, 6) is 0.124. The molecule has 1 aromatic heterocycles. The Labute approximate surface area is 198 Å². The molecule has 1 aliphatic carbocycles. The quantitative estimate of drug-likeness (QED) is 0.635. The Morgan fingerprint density at radius 3 is 2.47 bits per heavy atom. The fraction of sp³-hybridized carbons (Fsp3) is 0.440. The number of rotatable bonds is 5. The lowest BCUT2D eigenvalue weighted by Gasteiger charge is -2.32. The number of anilines is 2. The number of benzene rings is 1. The summed E-state index contributed by atoms with van der Waals surface area (Å²) in [7, 11) is 1.41. The van der Waals surface area contributed by atoms with Crippen molar-refractivity contribution in [2.24, 2.45) is 5.92 Å². The van der Waals surface area contributed by atoms with E-state index in [4.69, 9.17) is 9.47 Å². The minimum Gasteiger partial charge on any atom is -0.469 e. The molecule has 0 atom stereocenters. The molecule has 1 aromatic carbocycles. The van der Waals surface area contributed by atoms with Crippen LogP contribution in [0.3, 0.4) is 0 Å². The first kappa shape index (κ1) is 23.5. The van der Waals surface area contributed by atoms with E-state index in [2.05, 4.69) is 15.6 Å². The third-order valence-electron chi connectivity index (χ3n) is 6.42. The Morgan fingerprint density at radius 1 is 1.00 bits per heavy atom. The molecular formula is C25H30N4O5. The molecule has 9 heteroatoms. The van der Waals surface area contributed by atoms with Gasteiger partial charge in [0, 0.05) is 43.3 Å². The van der Waals surface area contributed by atoms with Crippen LogP contribution in [0, 0.1) is 5.92 Å². The molecule has 1 saturated carbocycles. The van der Waals surface area contributed by atoms with Gasteiger partial charge in [0.15, 0.2) is 0 Å². The summed E-state index contributed by atoms with van der Waals surface area (Å²) >= 11 is 0. The second-order valence-electron chi connectivity index (χ2n) is 8.78. The molecule has 4 rings (SSSR count). The molecule has 3 amide bonds. The molecule has 0 unspecified atom stereocenters. The maximum atomic E-state index is 12.7. The molecule has 0 saturated heterocycles. The number of amides is 3. The predicted molar refractivity (Wildman–Crippen MR) is 126 cm³/mol. The summed E-state index contributed by atoms with van der Waals surface area (Å²) in [4.78, 5) is 42.1. The molecule has 2 heterocycles. The average Bonchev–Trinajstić information content (AvgIpc) is 2.85. The summed E-state index contributed by atoms with van der Waals surface area (Å²) in [6.45, 7) is 1.05. The summed E-state index contributed by atoms with van der Waals surface area (Å²) in [6.07, 6.45) is 7.22. The zero-order valence-corrected chi connectivity index (χ0v) is 19.3. The highest BCUT2D eigenvalue weighted by molar-refractivity contribution is 5.99. The van der Waals surface area contributed by atoms with Crippen LogP contribution in [0.25, 0.3) is 0 Å². The van der Waals surface area contributed by atoms with Crippen LogP contribution >= 0.6 is 0 Å². The lowest BCUT2D eigenvalue weighted by molar-refractivity contribution is -0.142. The van der Waals surface area contributed by atoms with Gasteiger partial charge >= 0.3 is 18.1 Å². The number of carbonyl (C=O) groups excluding carboxylic acids is 3. The number of hydrogen-bond donors (Lipinski definition) is 2. The van der Waals surface area contributed by atoms with Gasteiger partial charge in [0.2, 0.25) is 0 Å². The Kier molecular flexibility index (Phi) is 7.61. The topological polar surface area (TPSA) is 110 Å². The number of carbonyl (C=O) groups is 3. The van der Waals surface area contributed by atoms with Crippen LogP contribution in [0.2, 0.25) is 0 Å². The number of methoxy groups -OCH3 is 1. The SMILES string of the molecule is COC(=O)C[C@H]1CC[C@H](OC(=O)N2CCc3cc(NC(=O)Nc4ccncc4)ccc3C2)CC1. The number of fused-ring (bicyclic) bond motifs is 1. The molecule has 9 nitrogen and oxygen atoms in total. The molecule has 180 valence electrons. The van der Waals surface area contributed by atoms with E-state index in [1.165, 1.54) is 7.11 Å². The van der Waals surface area contributed by atoms with Crippen molar-refractivity contribution < 1.29 is 23.9 Å². The zero-order valence-electron chi connectivity index (χ0n) is 19.3. The number of nitrogens with one attached hydrogen (secondary N) is 2. The van der Waals surface area contributed by atoms with Crippen molar-refractivity contribution in [2.45, 2.75) is 51.2 Å². The zero-order chi connectivity index (χ0) is 23.9. The Hall–Kier alpha value is -3.62. The normalized spacial score (nSPS) is 19.5. The maximum Gasteiger partial charge on any atom is 0.410 e. The lowest BCUT2D eigenvalue weighted by atomic mass is 9.85. The fourth-order valence-corrected chi connectivity index (χ4v) is 4.51. The minimum absolute atomic E-state index is 0.103. The molecule has 0 spiro atoms. The Morgan fingerprint density at radius 2 is 1.74 bits per heavy atom. The molecular weight excluding hydrogens is 436 g/mol. The highest BCUT2D eigenvalue weighted by atomic mass is 16.6. The molecule has 1 aliphatic heterocycles. The monoisotopic (exact) mass is 466 g/mol. The van der Waals surface area contributed by atoms with Gasteiger partial charge in [0.25, 0.3) is 0 Å². The van der Waals surface area contributed by atoms with Crippen LogP contribution in [0.1, 0.15) is 43.2 Å². The second-order valence-corrected chi connectivity index (χ2v) is 8.78. The van der Waals surface area contributed by atoms with Gasteiger partial charge in [-0.05, 0) is 73.4 Å². The molecule has 2 N–H and O–H groups in total. The molecule has 0 radical (unpaired) electrons. The van der Waals surface area contributed by atoms with Crippen LogP contribution in [-0.4, -0.2) is 47.7 Å². The number of hydrogen-bond acceptors (Lipinski definition) is 6. The number of urea groups is 1. The van der Waals surface area contributed by atoms with E-state index in [0.717, 1.165) is 36.8 Å². The van der Waals surface area contributed by atoms with Crippen molar-refractivity contribution in [3.8, 4) is 0 Å². The molecule has 2 aliphatic rings. The van der Waals surface area contributed by atoms with E-state index in [-0.39, 0.29) is 24.2 Å². The van der Waals surface area contributed by atoms with Gasteiger partial charge in [-0.1, -0.05) is 6.07 Å². The number of pyridine rings is 1. The van der Waals surface area contributed by atoms with E-state index in [1.807, 2.05) is 18.2 Å². The fourth-order valence-electron chi connectivity index (χ4n) is 4.51. The number of ether oxygens (including phenoxy) is 2. The molecule has 2 aromatic rings. The first-order valence-electron chi connectivity index (χ1n) is 11.6. The maximum absolute atomic E-state index is 12.7. The summed E-state index contributed by atoms with van der Waals surface area (Å²) in [6, 6.07) is 8.83. The van der Waals surface area contributed by atoms with Crippen molar-refractivity contribution >= 4 is 29.5 Å². The van der Waals surface area contributed by atoms with Crippen LogP contribution in [0.5, 0.6) is 0 Å². The Balaban J connectivity index is 1.25. The van der Waals surface area contributed by atoms with Crippen molar-refractivity contribution in [1.82, 2.24) is 9.88 Å². The van der Waals surface area contributed by atoms with Gasteiger partial charge in [-0.25, -0.2) is 9.59 Å². The number of esters is 1. The first-order valence-corrected chi connectivity index (χ1v) is 11.6. The average molecular weight is 467 g/mol. The summed E-state index contributed by atoms with van der Waals surface area (Å²) < 4.78 is 10.5. The lowest BCUT2D eigenvalue weighted by Crippen LogP contribution is -2.39. The van der Waals surface area contributed by atoms with Crippen LogP contribution in [0.15, 0.2) is 42.7 Å².